The standard InChI is InChI=1S/C24H36N6O/c1-7-13-29(14-8-2)24-19(4)23(27-22-11-12-25-30(22)24)26-21-10-9-20(17-18(21)3)31-16-15-28(5)6/h9-12,17H,7-8,13-16H2,1-6H3,(H,26,27). The van der Waals surface area contributed by atoms with Gasteiger partial charge in [-0.1, -0.05) is 13.8 Å². The molecule has 0 saturated heterocycles. The van der Waals surface area contributed by atoms with E-state index in [1.807, 2.05) is 36.9 Å². The number of nitrogens with zero attached hydrogens (tertiary/aromatic N) is 5. The number of aromatic nitrogens is 3. The molecule has 0 unspecified atom stereocenters. The normalized spacial score (nSPS) is 11.3. The van der Waals surface area contributed by atoms with E-state index in [0.29, 0.717) is 6.61 Å². The third-order valence-corrected chi connectivity index (χ3v) is 5.29. The molecule has 0 atom stereocenters. The van der Waals surface area contributed by atoms with Crippen molar-refractivity contribution in [2.24, 2.45) is 0 Å². The van der Waals surface area contributed by atoms with Crippen LogP contribution in [0, 0.1) is 13.8 Å². The zero-order valence-corrected chi connectivity index (χ0v) is 19.8. The summed E-state index contributed by atoms with van der Waals surface area (Å²) in [6, 6.07) is 8.11. The van der Waals surface area contributed by atoms with Gasteiger partial charge >= 0.3 is 0 Å². The third-order valence-electron chi connectivity index (χ3n) is 5.29. The van der Waals surface area contributed by atoms with Crippen LogP contribution < -0.4 is 15.0 Å². The van der Waals surface area contributed by atoms with Gasteiger partial charge in [-0.25, -0.2) is 4.98 Å². The van der Waals surface area contributed by atoms with E-state index in [1.165, 1.54) is 0 Å². The average molecular weight is 425 g/mol. The van der Waals surface area contributed by atoms with Crippen LogP contribution in [0.2, 0.25) is 0 Å². The summed E-state index contributed by atoms with van der Waals surface area (Å²) in [6.07, 6.45) is 3.99. The highest BCUT2D eigenvalue weighted by Gasteiger charge is 2.18. The highest BCUT2D eigenvalue weighted by molar-refractivity contribution is 5.71. The minimum atomic E-state index is 0.672. The second kappa shape index (κ2) is 10.5. The van der Waals surface area contributed by atoms with Crippen molar-refractivity contribution < 1.29 is 4.74 Å². The Kier molecular flexibility index (Phi) is 7.74. The summed E-state index contributed by atoms with van der Waals surface area (Å²) in [4.78, 5) is 9.38. The predicted molar refractivity (Wildman–Crippen MR) is 129 cm³/mol. The van der Waals surface area contributed by atoms with Gasteiger partial charge in [0, 0.05) is 37.0 Å². The monoisotopic (exact) mass is 424 g/mol. The number of rotatable bonds is 11. The average Bonchev–Trinajstić information content (AvgIpc) is 3.18. The molecule has 2 aromatic heterocycles. The molecular weight excluding hydrogens is 388 g/mol. The molecule has 31 heavy (non-hydrogen) atoms. The molecule has 3 rings (SSSR count). The number of ether oxygens (including phenoxy) is 1. The van der Waals surface area contributed by atoms with Gasteiger partial charge < -0.3 is 19.9 Å². The Labute approximate surface area is 186 Å². The lowest BCUT2D eigenvalue weighted by molar-refractivity contribution is 0.261. The zero-order chi connectivity index (χ0) is 22.4. The molecule has 0 aliphatic rings. The van der Waals surface area contributed by atoms with Gasteiger partial charge in [0.2, 0.25) is 0 Å². The maximum absolute atomic E-state index is 5.87. The molecule has 0 aliphatic carbocycles. The first-order valence-corrected chi connectivity index (χ1v) is 11.2. The minimum Gasteiger partial charge on any atom is -0.492 e. The Morgan fingerprint density at radius 1 is 1.03 bits per heavy atom. The number of hydrogen-bond donors (Lipinski definition) is 1. The van der Waals surface area contributed by atoms with Crippen LogP contribution in [0.1, 0.15) is 37.8 Å². The number of nitrogens with one attached hydrogen (secondary N) is 1. The van der Waals surface area contributed by atoms with Gasteiger partial charge in [-0.05, 0) is 64.5 Å². The molecule has 1 aromatic carbocycles. The lowest BCUT2D eigenvalue weighted by atomic mass is 10.1. The Morgan fingerprint density at radius 3 is 2.42 bits per heavy atom. The van der Waals surface area contributed by atoms with Crippen molar-refractivity contribution in [3.8, 4) is 5.75 Å². The highest BCUT2D eigenvalue weighted by Crippen LogP contribution is 2.31. The maximum atomic E-state index is 5.87. The molecule has 7 nitrogen and oxygen atoms in total. The van der Waals surface area contributed by atoms with E-state index in [0.717, 1.165) is 72.3 Å². The van der Waals surface area contributed by atoms with Gasteiger partial charge in [-0.15, -0.1) is 0 Å². The Bertz CT molecular complexity index is 991. The zero-order valence-electron chi connectivity index (χ0n) is 19.8. The maximum Gasteiger partial charge on any atom is 0.159 e. The van der Waals surface area contributed by atoms with E-state index < -0.39 is 0 Å². The molecule has 7 heteroatoms. The molecule has 0 saturated carbocycles. The molecule has 0 fully saturated rings. The summed E-state index contributed by atoms with van der Waals surface area (Å²) in [6.45, 7) is 12.2. The van der Waals surface area contributed by atoms with E-state index >= 15 is 0 Å². The first-order valence-electron chi connectivity index (χ1n) is 11.2. The molecular formula is C24H36N6O. The quantitative estimate of drug-likeness (QED) is 0.483. The second-order valence-corrected chi connectivity index (χ2v) is 8.25. The summed E-state index contributed by atoms with van der Waals surface area (Å²) in [7, 11) is 4.09. The number of aryl methyl sites for hydroxylation is 1. The van der Waals surface area contributed by atoms with Gasteiger partial charge in [0.15, 0.2) is 5.65 Å². The molecule has 168 valence electrons. The molecule has 2 heterocycles. The fourth-order valence-corrected chi connectivity index (χ4v) is 3.70. The Morgan fingerprint density at radius 2 is 1.77 bits per heavy atom. The fourth-order valence-electron chi connectivity index (χ4n) is 3.70. The van der Waals surface area contributed by atoms with Crippen LogP contribution in [0.5, 0.6) is 5.75 Å². The van der Waals surface area contributed by atoms with Crippen molar-refractivity contribution in [3.63, 3.8) is 0 Å². The summed E-state index contributed by atoms with van der Waals surface area (Å²) in [5.41, 5.74) is 4.10. The molecule has 0 aliphatic heterocycles. The van der Waals surface area contributed by atoms with Crippen LogP contribution in [0.25, 0.3) is 5.65 Å². The van der Waals surface area contributed by atoms with Crippen LogP contribution >= 0.6 is 0 Å². The Hall–Kier alpha value is -2.80. The molecule has 0 radical (unpaired) electrons. The minimum absolute atomic E-state index is 0.672. The smallest absolute Gasteiger partial charge is 0.159 e. The number of anilines is 3. The van der Waals surface area contributed by atoms with Crippen LogP contribution in [0.3, 0.4) is 0 Å². The first-order chi connectivity index (χ1) is 14.9. The molecule has 0 spiro atoms. The molecule has 1 N–H and O–H groups in total. The summed E-state index contributed by atoms with van der Waals surface area (Å²) < 4.78 is 7.83. The van der Waals surface area contributed by atoms with Crippen LogP contribution in [0.15, 0.2) is 30.5 Å². The van der Waals surface area contributed by atoms with Crippen molar-refractivity contribution >= 4 is 23.0 Å². The van der Waals surface area contributed by atoms with Crippen LogP contribution in [-0.4, -0.2) is 59.8 Å². The molecule has 3 aromatic rings. The lowest BCUT2D eigenvalue weighted by Gasteiger charge is -2.27. The van der Waals surface area contributed by atoms with Gasteiger partial charge in [0.25, 0.3) is 0 Å². The van der Waals surface area contributed by atoms with Gasteiger partial charge in [0.1, 0.15) is 24.0 Å². The third kappa shape index (κ3) is 5.47. The topological polar surface area (TPSA) is 57.9 Å². The summed E-state index contributed by atoms with van der Waals surface area (Å²) in [5, 5.41) is 8.11. The van der Waals surface area contributed by atoms with Gasteiger partial charge in [-0.2, -0.15) is 9.61 Å². The molecule has 0 amide bonds. The predicted octanol–water partition coefficient (Wildman–Crippen LogP) is 4.66. The number of likely N-dealkylation sites (N-methyl/N-ethyl adjacent to an activating group) is 1. The van der Waals surface area contributed by atoms with Crippen LogP contribution in [0.4, 0.5) is 17.3 Å². The van der Waals surface area contributed by atoms with Crippen molar-refractivity contribution in [1.82, 2.24) is 19.5 Å². The van der Waals surface area contributed by atoms with E-state index in [4.69, 9.17) is 9.72 Å². The molecule has 0 bridgehead atoms. The van der Waals surface area contributed by atoms with E-state index in [2.05, 4.69) is 60.0 Å². The van der Waals surface area contributed by atoms with E-state index in [-0.39, 0.29) is 0 Å². The fraction of sp³-hybridized carbons (Fsp3) is 0.500. The largest absolute Gasteiger partial charge is 0.492 e. The van der Waals surface area contributed by atoms with Crippen molar-refractivity contribution in [1.29, 1.82) is 0 Å². The van der Waals surface area contributed by atoms with Gasteiger partial charge in [-0.3, -0.25) is 0 Å². The number of benzene rings is 1. The second-order valence-electron chi connectivity index (χ2n) is 8.25. The Balaban J connectivity index is 1.90. The first kappa shape index (κ1) is 22.9. The van der Waals surface area contributed by atoms with E-state index in [1.54, 1.807) is 0 Å². The van der Waals surface area contributed by atoms with Crippen LogP contribution in [-0.2, 0) is 0 Å². The number of hydrogen-bond acceptors (Lipinski definition) is 6. The van der Waals surface area contributed by atoms with Crippen molar-refractivity contribution in [3.05, 3.63) is 41.6 Å². The van der Waals surface area contributed by atoms with Gasteiger partial charge in [0.05, 0.1) is 6.20 Å². The summed E-state index contributed by atoms with van der Waals surface area (Å²) in [5.74, 6) is 2.87. The van der Waals surface area contributed by atoms with E-state index in [9.17, 15) is 0 Å². The number of fused-ring (bicyclic) bond motifs is 1. The highest BCUT2D eigenvalue weighted by atomic mass is 16.5. The SMILES string of the molecule is CCCN(CCC)c1c(C)c(Nc2ccc(OCCN(C)C)cc2C)nc2ccnn12. The van der Waals surface area contributed by atoms with Crippen molar-refractivity contribution in [2.75, 3.05) is 50.6 Å². The lowest BCUT2D eigenvalue weighted by Crippen LogP contribution is -2.28. The van der Waals surface area contributed by atoms with Crippen molar-refractivity contribution in [2.45, 2.75) is 40.5 Å². The summed E-state index contributed by atoms with van der Waals surface area (Å²) >= 11 is 0.